The van der Waals surface area contributed by atoms with Crippen LogP contribution in [0.4, 0.5) is 0 Å². The molecule has 1 aromatic heterocycles. The van der Waals surface area contributed by atoms with E-state index in [4.69, 9.17) is 4.52 Å². The van der Waals surface area contributed by atoms with Gasteiger partial charge in [-0.1, -0.05) is 24.2 Å². The van der Waals surface area contributed by atoms with Gasteiger partial charge in [0.2, 0.25) is 0 Å². The number of aromatic nitrogens is 1. The molecule has 0 fully saturated rings. The third-order valence-corrected chi connectivity index (χ3v) is 1.86. The zero-order valence-corrected chi connectivity index (χ0v) is 8.26. The summed E-state index contributed by atoms with van der Waals surface area (Å²) in [6, 6.07) is 1.93. The van der Waals surface area contributed by atoms with Crippen molar-refractivity contribution >= 4 is 0 Å². The first-order valence-corrected chi connectivity index (χ1v) is 4.52. The quantitative estimate of drug-likeness (QED) is 0.705. The lowest BCUT2D eigenvalue weighted by Gasteiger charge is -2.02. The van der Waals surface area contributed by atoms with Crippen molar-refractivity contribution in [1.29, 1.82) is 0 Å². The molecule has 0 radical (unpaired) electrons. The van der Waals surface area contributed by atoms with Gasteiger partial charge in [-0.15, -0.1) is 0 Å². The summed E-state index contributed by atoms with van der Waals surface area (Å²) in [6.07, 6.45) is 1.02. The van der Waals surface area contributed by atoms with Gasteiger partial charge >= 0.3 is 0 Å². The minimum Gasteiger partial charge on any atom is -0.361 e. The van der Waals surface area contributed by atoms with Crippen LogP contribution in [0.25, 0.3) is 0 Å². The van der Waals surface area contributed by atoms with E-state index in [-0.39, 0.29) is 0 Å². The van der Waals surface area contributed by atoms with E-state index < -0.39 is 0 Å². The molecule has 0 spiro atoms. The van der Waals surface area contributed by atoms with Crippen LogP contribution in [0.5, 0.6) is 0 Å². The average molecular weight is 180 g/mol. The highest BCUT2D eigenvalue weighted by molar-refractivity contribution is 5.04. The van der Waals surface area contributed by atoms with Crippen LogP contribution in [-0.4, -0.2) is 11.7 Å². The number of hydrogen-bond acceptors (Lipinski definition) is 3. The largest absolute Gasteiger partial charge is 0.361 e. The number of hydrogen-bond donors (Lipinski definition) is 1. The van der Waals surface area contributed by atoms with Gasteiger partial charge in [-0.05, 0) is 13.3 Å². The van der Waals surface area contributed by atoms with Crippen molar-refractivity contribution in [2.24, 2.45) is 0 Å². The van der Waals surface area contributed by atoms with Gasteiger partial charge in [0, 0.05) is 19.2 Å². The van der Waals surface area contributed by atoms with Crippen molar-refractivity contribution in [2.75, 3.05) is 6.54 Å². The Morgan fingerprint density at radius 1 is 1.69 bits per heavy atom. The highest BCUT2D eigenvalue weighted by atomic mass is 16.5. The third-order valence-electron chi connectivity index (χ3n) is 1.86. The molecule has 1 N–H and O–H groups in total. The molecule has 1 aromatic rings. The Morgan fingerprint density at radius 2 is 2.46 bits per heavy atom. The van der Waals surface area contributed by atoms with Gasteiger partial charge in [-0.3, -0.25) is 0 Å². The molecule has 0 aliphatic heterocycles. The SMILES string of the molecule is C=C(CC)CNCc1cc(C)on1. The molecular formula is C10H16N2O. The molecular weight excluding hydrogens is 164 g/mol. The maximum absolute atomic E-state index is 4.94. The second-order valence-electron chi connectivity index (χ2n) is 3.14. The fourth-order valence-corrected chi connectivity index (χ4v) is 0.994. The molecule has 13 heavy (non-hydrogen) atoms. The van der Waals surface area contributed by atoms with E-state index in [1.807, 2.05) is 13.0 Å². The molecule has 3 nitrogen and oxygen atoms in total. The topological polar surface area (TPSA) is 38.1 Å². The highest BCUT2D eigenvalue weighted by Gasteiger charge is 1.98. The molecule has 3 heteroatoms. The van der Waals surface area contributed by atoms with E-state index in [1.165, 1.54) is 5.57 Å². The maximum atomic E-state index is 4.94. The molecule has 0 saturated heterocycles. The van der Waals surface area contributed by atoms with Crippen molar-refractivity contribution in [1.82, 2.24) is 10.5 Å². The summed E-state index contributed by atoms with van der Waals surface area (Å²) in [5, 5.41) is 7.11. The monoisotopic (exact) mass is 180 g/mol. The predicted octanol–water partition coefficient (Wildman–Crippen LogP) is 2.04. The molecule has 72 valence electrons. The normalized spacial score (nSPS) is 10.3. The molecule has 0 bridgehead atoms. The number of nitrogens with zero attached hydrogens (tertiary/aromatic N) is 1. The zero-order valence-electron chi connectivity index (χ0n) is 8.26. The van der Waals surface area contributed by atoms with Crippen molar-refractivity contribution in [3.05, 3.63) is 29.7 Å². The van der Waals surface area contributed by atoms with Gasteiger partial charge in [-0.2, -0.15) is 0 Å². The second-order valence-corrected chi connectivity index (χ2v) is 3.14. The standard InChI is InChI=1S/C10H16N2O/c1-4-8(2)6-11-7-10-5-9(3)13-12-10/h5,11H,2,4,6-7H2,1,3H3. The van der Waals surface area contributed by atoms with E-state index in [0.29, 0.717) is 0 Å². The summed E-state index contributed by atoms with van der Waals surface area (Å²) in [5.41, 5.74) is 2.15. The van der Waals surface area contributed by atoms with Gasteiger partial charge in [0.15, 0.2) is 0 Å². The molecule has 0 aromatic carbocycles. The van der Waals surface area contributed by atoms with E-state index in [2.05, 4.69) is 24.0 Å². The van der Waals surface area contributed by atoms with Gasteiger partial charge in [0.25, 0.3) is 0 Å². The maximum Gasteiger partial charge on any atom is 0.133 e. The highest BCUT2D eigenvalue weighted by Crippen LogP contribution is 2.01. The van der Waals surface area contributed by atoms with E-state index in [1.54, 1.807) is 0 Å². The van der Waals surface area contributed by atoms with Crippen molar-refractivity contribution in [2.45, 2.75) is 26.8 Å². The second kappa shape index (κ2) is 4.82. The number of nitrogens with one attached hydrogen (secondary N) is 1. The van der Waals surface area contributed by atoms with Gasteiger partial charge in [0.1, 0.15) is 5.76 Å². The minimum absolute atomic E-state index is 0.746. The summed E-state index contributed by atoms with van der Waals surface area (Å²) in [5.74, 6) is 0.853. The van der Waals surface area contributed by atoms with Gasteiger partial charge < -0.3 is 9.84 Å². The first-order valence-electron chi connectivity index (χ1n) is 4.52. The average Bonchev–Trinajstić information content (AvgIpc) is 2.51. The van der Waals surface area contributed by atoms with Crippen LogP contribution in [0.2, 0.25) is 0 Å². The lowest BCUT2D eigenvalue weighted by atomic mass is 10.2. The summed E-state index contributed by atoms with van der Waals surface area (Å²) in [4.78, 5) is 0. The Hall–Kier alpha value is -1.09. The first-order chi connectivity index (χ1) is 6.22. The molecule has 0 aliphatic rings. The Bertz CT molecular complexity index is 278. The Morgan fingerprint density at radius 3 is 3.00 bits per heavy atom. The number of aryl methyl sites for hydroxylation is 1. The first kappa shape index (κ1) is 9.99. The number of rotatable bonds is 5. The Kier molecular flexibility index (Phi) is 3.71. The van der Waals surface area contributed by atoms with Crippen LogP contribution in [-0.2, 0) is 6.54 Å². The lowest BCUT2D eigenvalue weighted by molar-refractivity contribution is 0.388. The fourth-order valence-electron chi connectivity index (χ4n) is 0.994. The van der Waals surface area contributed by atoms with Crippen molar-refractivity contribution < 1.29 is 4.52 Å². The van der Waals surface area contributed by atoms with Crippen molar-refractivity contribution in [3.8, 4) is 0 Å². The summed E-state index contributed by atoms with van der Waals surface area (Å²) in [6.45, 7) is 9.49. The van der Waals surface area contributed by atoms with Crippen LogP contribution in [0.15, 0.2) is 22.7 Å². The summed E-state index contributed by atoms with van der Waals surface area (Å²) >= 11 is 0. The van der Waals surface area contributed by atoms with Crippen LogP contribution < -0.4 is 5.32 Å². The van der Waals surface area contributed by atoms with Crippen LogP contribution in [0, 0.1) is 6.92 Å². The van der Waals surface area contributed by atoms with Crippen LogP contribution in [0.3, 0.4) is 0 Å². The Balaban J connectivity index is 2.24. The molecule has 0 atom stereocenters. The van der Waals surface area contributed by atoms with E-state index in [9.17, 15) is 0 Å². The molecule has 0 aliphatic carbocycles. The third kappa shape index (κ3) is 3.42. The molecule has 1 rings (SSSR count). The lowest BCUT2D eigenvalue weighted by Crippen LogP contribution is -2.16. The molecule has 1 heterocycles. The van der Waals surface area contributed by atoms with Crippen LogP contribution in [0.1, 0.15) is 24.8 Å². The van der Waals surface area contributed by atoms with Gasteiger partial charge in [0.05, 0.1) is 5.69 Å². The summed E-state index contributed by atoms with van der Waals surface area (Å²) < 4.78 is 4.94. The Labute approximate surface area is 78.8 Å². The van der Waals surface area contributed by atoms with Gasteiger partial charge in [-0.25, -0.2) is 0 Å². The summed E-state index contributed by atoms with van der Waals surface area (Å²) in [7, 11) is 0. The molecule has 0 saturated carbocycles. The minimum atomic E-state index is 0.746. The smallest absolute Gasteiger partial charge is 0.133 e. The molecule has 0 unspecified atom stereocenters. The fraction of sp³-hybridized carbons (Fsp3) is 0.500. The molecule has 0 amide bonds. The van der Waals surface area contributed by atoms with Crippen LogP contribution >= 0.6 is 0 Å². The van der Waals surface area contributed by atoms with E-state index in [0.717, 1.165) is 31.0 Å². The van der Waals surface area contributed by atoms with Crippen molar-refractivity contribution in [3.63, 3.8) is 0 Å². The zero-order chi connectivity index (χ0) is 9.68. The van der Waals surface area contributed by atoms with E-state index >= 15 is 0 Å². The predicted molar refractivity (Wildman–Crippen MR) is 52.4 cm³/mol.